The quantitative estimate of drug-likeness (QED) is 0.713. The van der Waals surface area contributed by atoms with Gasteiger partial charge >= 0.3 is 11.9 Å². The number of anilines is 1. The summed E-state index contributed by atoms with van der Waals surface area (Å²) in [4.78, 5) is 21.2. The number of ether oxygens (including phenoxy) is 1. The number of carbonyl (C=O) groups is 2. The number of hydrogen-bond acceptors (Lipinski definition) is 6. The zero-order valence-corrected chi connectivity index (χ0v) is 13.2. The molecule has 0 spiro atoms. The van der Waals surface area contributed by atoms with Crippen molar-refractivity contribution in [2.45, 2.75) is 4.90 Å². The van der Waals surface area contributed by atoms with Crippen molar-refractivity contribution in [3.8, 4) is 17.2 Å². The van der Waals surface area contributed by atoms with Gasteiger partial charge in [-0.1, -0.05) is 0 Å². The van der Waals surface area contributed by atoms with E-state index in [1.807, 2.05) is 0 Å². The summed E-state index contributed by atoms with van der Waals surface area (Å²) in [7, 11) is -3.61. The molecule has 0 unspecified atom stereocenters. The molecule has 0 aliphatic rings. The lowest BCUT2D eigenvalue weighted by Gasteiger charge is -2.09. The van der Waals surface area contributed by atoms with Gasteiger partial charge < -0.3 is 20.3 Å². The summed E-state index contributed by atoms with van der Waals surface area (Å²) in [6, 6.07) is 9.55. The van der Waals surface area contributed by atoms with E-state index < -0.39 is 21.7 Å². The zero-order valence-electron chi connectivity index (χ0n) is 12.4. The molecule has 24 heavy (non-hydrogen) atoms. The molecular formula is C15H13NO7S. The number of aliphatic carboxylic acids is 1. The number of phenols is 1. The third-order valence-corrected chi connectivity index (χ3v) is 4.00. The molecule has 2 aromatic carbocycles. The van der Waals surface area contributed by atoms with Crippen molar-refractivity contribution in [3.05, 3.63) is 42.5 Å². The van der Waals surface area contributed by atoms with E-state index in [-0.39, 0.29) is 22.1 Å². The van der Waals surface area contributed by atoms with Crippen LogP contribution < -0.4 is 10.1 Å². The maximum Gasteiger partial charge on any atom is 0.394 e. The molecule has 3 N–H and O–H groups in total. The van der Waals surface area contributed by atoms with Crippen molar-refractivity contribution < 1.29 is 33.0 Å². The monoisotopic (exact) mass is 351 g/mol. The van der Waals surface area contributed by atoms with E-state index in [0.717, 1.165) is 6.26 Å². The Morgan fingerprint density at radius 1 is 1.04 bits per heavy atom. The number of carbonyl (C=O) groups excluding carboxylic acids is 1. The lowest BCUT2D eigenvalue weighted by Crippen LogP contribution is -2.21. The Hall–Kier alpha value is -3.07. The van der Waals surface area contributed by atoms with Gasteiger partial charge in [0, 0.05) is 18.0 Å². The van der Waals surface area contributed by atoms with Gasteiger partial charge in [-0.25, -0.2) is 13.2 Å². The Kier molecular flexibility index (Phi) is 4.74. The first-order chi connectivity index (χ1) is 11.2. The largest absolute Gasteiger partial charge is 0.507 e. The molecule has 0 fully saturated rings. The molecule has 126 valence electrons. The predicted octanol–water partition coefficient (Wildman–Crippen LogP) is 1.61. The van der Waals surface area contributed by atoms with E-state index in [4.69, 9.17) is 9.84 Å². The van der Waals surface area contributed by atoms with Gasteiger partial charge in [0.05, 0.1) is 0 Å². The van der Waals surface area contributed by atoms with Crippen molar-refractivity contribution in [2.24, 2.45) is 0 Å². The summed E-state index contributed by atoms with van der Waals surface area (Å²) < 4.78 is 28.6. The van der Waals surface area contributed by atoms with Crippen molar-refractivity contribution in [1.29, 1.82) is 0 Å². The molecule has 0 heterocycles. The lowest BCUT2D eigenvalue weighted by molar-refractivity contribution is -0.147. The highest BCUT2D eigenvalue weighted by molar-refractivity contribution is 7.90. The third kappa shape index (κ3) is 4.23. The number of rotatable bonds is 4. The highest BCUT2D eigenvalue weighted by Crippen LogP contribution is 2.30. The smallest absolute Gasteiger partial charge is 0.394 e. The maximum atomic E-state index is 11.6. The number of carboxylic acids is 1. The first-order valence-electron chi connectivity index (χ1n) is 6.52. The molecule has 9 heteroatoms. The van der Waals surface area contributed by atoms with Gasteiger partial charge in [-0.15, -0.1) is 0 Å². The second-order valence-corrected chi connectivity index (χ2v) is 6.77. The highest BCUT2D eigenvalue weighted by Gasteiger charge is 2.15. The van der Waals surface area contributed by atoms with Crippen LogP contribution in [0.4, 0.5) is 5.69 Å². The number of carboxylic acid groups (broad SMARTS) is 1. The van der Waals surface area contributed by atoms with Crippen molar-refractivity contribution in [2.75, 3.05) is 11.6 Å². The van der Waals surface area contributed by atoms with E-state index in [9.17, 15) is 23.1 Å². The Bertz CT molecular complexity index is 889. The molecule has 0 saturated heterocycles. The van der Waals surface area contributed by atoms with Gasteiger partial charge in [-0.05, 0) is 36.4 Å². The van der Waals surface area contributed by atoms with Crippen LogP contribution in [0.3, 0.4) is 0 Å². The molecule has 0 aliphatic carbocycles. The summed E-state index contributed by atoms with van der Waals surface area (Å²) in [5.41, 5.74) is 0.261. The predicted molar refractivity (Wildman–Crippen MR) is 84.0 cm³/mol. The van der Waals surface area contributed by atoms with Crippen molar-refractivity contribution in [1.82, 2.24) is 0 Å². The molecule has 0 aromatic heterocycles. The third-order valence-electron chi connectivity index (χ3n) is 2.87. The number of benzene rings is 2. The number of sulfone groups is 1. The van der Waals surface area contributed by atoms with Crippen LogP contribution in [0.25, 0.3) is 0 Å². The Morgan fingerprint density at radius 3 is 2.17 bits per heavy atom. The summed E-state index contributed by atoms with van der Waals surface area (Å²) >= 11 is 0. The van der Waals surface area contributed by atoms with E-state index in [2.05, 4.69) is 5.32 Å². The van der Waals surface area contributed by atoms with Crippen molar-refractivity contribution in [3.63, 3.8) is 0 Å². The van der Waals surface area contributed by atoms with Crippen LogP contribution in [0.2, 0.25) is 0 Å². The van der Waals surface area contributed by atoms with Crippen LogP contribution in [0.1, 0.15) is 0 Å². The average Bonchev–Trinajstić information content (AvgIpc) is 2.50. The number of hydrogen-bond donors (Lipinski definition) is 3. The molecular weight excluding hydrogens is 338 g/mol. The van der Waals surface area contributed by atoms with E-state index >= 15 is 0 Å². The minimum absolute atomic E-state index is 0.190. The minimum atomic E-state index is -3.61. The Morgan fingerprint density at radius 2 is 1.62 bits per heavy atom. The van der Waals surface area contributed by atoms with E-state index in [1.165, 1.54) is 42.5 Å². The fraction of sp³-hybridized carbons (Fsp3) is 0.0667. The van der Waals surface area contributed by atoms with Crippen LogP contribution in [0.5, 0.6) is 17.2 Å². The fourth-order valence-corrected chi connectivity index (χ4v) is 2.56. The zero-order chi connectivity index (χ0) is 17.9. The SMILES string of the molecule is CS(=O)(=O)c1cc(Oc2ccc(NC(=O)C(=O)O)cc2)ccc1O. The second-order valence-electron chi connectivity index (χ2n) is 4.79. The highest BCUT2D eigenvalue weighted by atomic mass is 32.2. The standard InChI is InChI=1S/C15H13NO7S/c1-24(21,22)13-8-11(6-7-12(13)17)23-10-4-2-9(3-5-10)16-14(18)15(19)20/h2-8,17H,1H3,(H,16,18)(H,19,20). The normalized spacial score (nSPS) is 10.9. The van der Waals surface area contributed by atoms with E-state index in [1.54, 1.807) is 0 Å². The molecule has 2 rings (SSSR count). The van der Waals surface area contributed by atoms with Crippen LogP contribution in [-0.2, 0) is 19.4 Å². The average molecular weight is 351 g/mol. The molecule has 2 aromatic rings. The van der Waals surface area contributed by atoms with Gasteiger partial charge in [0.25, 0.3) is 0 Å². The van der Waals surface area contributed by atoms with Gasteiger partial charge in [0.15, 0.2) is 9.84 Å². The summed E-state index contributed by atoms with van der Waals surface area (Å²) in [6.07, 6.45) is 0.964. The number of phenolic OH excluding ortho intramolecular Hbond substituents is 1. The number of aromatic hydroxyl groups is 1. The Labute approximate surface area is 137 Å². The Balaban J connectivity index is 2.17. The van der Waals surface area contributed by atoms with Crippen LogP contribution in [0, 0.1) is 0 Å². The maximum absolute atomic E-state index is 11.6. The molecule has 8 nitrogen and oxygen atoms in total. The van der Waals surface area contributed by atoms with Gasteiger partial charge in [0.2, 0.25) is 0 Å². The molecule has 1 amide bonds. The second kappa shape index (κ2) is 6.59. The molecule has 0 saturated carbocycles. The lowest BCUT2D eigenvalue weighted by atomic mass is 10.3. The number of amides is 1. The van der Waals surface area contributed by atoms with Crippen molar-refractivity contribution >= 4 is 27.4 Å². The molecule has 0 bridgehead atoms. The van der Waals surface area contributed by atoms with Gasteiger partial charge in [-0.2, -0.15) is 0 Å². The first-order valence-corrected chi connectivity index (χ1v) is 8.41. The summed E-state index contributed by atoms with van der Waals surface area (Å²) in [5, 5.41) is 20.2. The summed E-state index contributed by atoms with van der Waals surface area (Å²) in [6.45, 7) is 0. The van der Waals surface area contributed by atoms with Crippen LogP contribution >= 0.6 is 0 Å². The minimum Gasteiger partial charge on any atom is -0.507 e. The molecule has 0 aliphatic heterocycles. The van der Waals surface area contributed by atoms with Crippen LogP contribution in [-0.4, -0.2) is 36.8 Å². The van der Waals surface area contributed by atoms with Gasteiger partial charge in [0.1, 0.15) is 22.1 Å². The van der Waals surface area contributed by atoms with Crippen LogP contribution in [0.15, 0.2) is 47.4 Å². The first kappa shape index (κ1) is 17.3. The van der Waals surface area contributed by atoms with E-state index in [0.29, 0.717) is 5.75 Å². The topological polar surface area (TPSA) is 130 Å². The number of nitrogens with one attached hydrogen (secondary N) is 1. The fourth-order valence-electron chi connectivity index (χ4n) is 1.78. The molecule has 0 radical (unpaired) electrons. The van der Waals surface area contributed by atoms with Gasteiger partial charge in [-0.3, -0.25) is 4.79 Å². The summed E-state index contributed by atoms with van der Waals surface area (Å²) in [5.74, 6) is -2.63. The molecule has 0 atom stereocenters.